The minimum absolute atomic E-state index is 0.840. The molecular weight excluding hydrogens is 182 g/mol. The van der Waals surface area contributed by atoms with Gasteiger partial charge in [0.05, 0.1) is 0 Å². The maximum atomic E-state index is 3.56. The zero-order chi connectivity index (χ0) is 10.3. The van der Waals surface area contributed by atoms with Crippen molar-refractivity contribution in [1.82, 2.24) is 5.32 Å². The molecule has 1 nitrogen and oxygen atoms in total. The molecule has 0 radical (unpaired) electrons. The average molecular weight is 201 g/mol. The van der Waals surface area contributed by atoms with Crippen LogP contribution >= 0.6 is 0 Å². The predicted molar refractivity (Wildman–Crippen MR) is 63.0 cm³/mol. The highest BCUT2D eigenvalue weighted by atomic mass is 14.9. The van der Waals surface area contributed by atoms with E-state index in [1.165, 1.54) is 31.5 Å². The molecule has 2 atom stereocenters. The first kappa shape index (κ1) is 9.41. The van der Waals surface area contributed by atoms with E-state index in [1.807, 2.05) is 0 Å². The first-order chi connectivity index (χ1) is 7.34. The highest BCUT2D eigenvalue weighted by Crippen LogP contribution is 2.45. The standard InChI is InChI=1S/C14H19N/c1-10-2-4-11(5-3-10)14-12-6-7-13(14)9-15-8-12/h2-5,12-15H,6-9H2,1H3. The Balaban J connectivity index is 1.90. The van der Waals surface area contributed by atoms with Gasteiger partial charge < -0.3 is 5.32 Å². The van der Waals surface area contributed by atoms with Crippen LogP contribution in [0, 0.1) is 18.8 Å². The van der Waals surface area contributed by atoms with Gasteiger partial charge in [0.15, 0.2) is 0 Å². The largest absolute Gasteiger partial charge is 0.316 e. The van der Waals surface area contributed by atoms with E-state index in [0.717, 1.165) is 17.8 Å². The van der Waals surface area contributed by atoms with Gasteiger partial charge >= 0.3 is 0 Å². The van der Waals surface area contributed by atoms with Crippen molar-refractivity contribution >= 4 is 0 Å². The SMILES string of the molecule is Cc1ccc(C2C3CCC2CNC3)cc1. The fraction of sp³-hybridized carbons (Fsp3) is 0.571. The lowest BCUT2D eigenvalue weighted by Crippen LogP contribution is -2.36. The molecule has 1 heteroatoms. The highest BCUT2D eigenvalue weighted by Gasteiger charge is 2.39. The summed E-state index contributed by atoms with van der Waals surface area (Å²) in [6.07, 6.45) is 2.85. The second-order valence-corrected chi connectivity index (χ2v) is 5.19. The van der Waals surface area contributed by atoms with E-state index in [1.54, 1.807) is 5.56 Å². The van der Waals surface area contributed by atoms with Crippen LogP contribution in [0.15, 0.2) is 24.3 Å². The Kier molecular flexibility index (Phi) is 2.28. The molecule has 2 aliphatic rings. The number of benzene rings is 1. The van der Waals surface area contributed by atoms with Crippen LogP contribution in [0.5, 0.6) is 0 Å². The Bertz CT molecular complexity index is 325. The van der Waals surface area contributed by atoms with Gasteiger partial charge in [-0.25, -0.2) is 0 Å². The van der Waals surface area contributed by atoms with Gasteiger partial charge in [-0.1, -0.05) is 29.8 Å². The minimum Gasteiger partial charge on any atom is -0.316 e. The molecule has 3 rings (SSSR count). The van der Waals surface area contributed by atoms with Crippen LogP contribution in [0.1, 0.15) is 29.9 Å². The molecule has 1 aliphatic carbocycles. The van der Waals surface area contributed by atoms with E-state index in [0.29, 0.717) is 0 Å². The monoisotopic (exact) mass is 201 g/mol. The van der Waals surface area contributed by atoms with Gasteiger partial charge in [-0.15, -0.1) is 0 Å². The van der Waals surface area contributed by atoms with Gasteiger partial charge in [0, 0.05) is 0 Å². The van der Waals surface area contributed by atoms with Crippen LogP contribution in [0.4, 0.5) is 0 Å². The smallest absolute Gasteiger partial charge is 0.00144 e. The lowest BCUT2D eigenvalue weighted by atomic mass is 9.80. The number of hydrogen-bond donors (Lipinski definition) is 1. The molecule has 2 unspecified atom stereocenters. The average Bonchev–Trinajstić information content (AvgIpc) is 2.51. The van der Waals surface area contributed by atoms with Gasteiger partial charge in [-0.3, -0.25) is 0 Å². The van der Waals surface area contributed by atoms with Gasteiger partial charge in [-0.2, -0.15) is 0 Å². The normalized spacial score (nSPS) is 34.3. The van der Waals surface area contributed by atoms with E-state index in [9.17, 15) is 0 Å². The first-order valence-corrected chi connectivity index (χ1v) is 6.12. The fourth-order valence-corrected chi connectivity index (χ4v) is 3.42. The van der Waals surface area contributed by atoms with Crippen molar-refractivity contribution in [2.24, 2.45) is 11.8 Å². The molecule has 1 aliphatic heterocycles. The molecule has 0 spiro atoms. The number of piperidine rings is 1. The molecule has 1 N–H and O–H groups in total. The Morgan fingerprint density at radius 3 is 2.20 bits per heavy atom. The van der Waals surface area contributed by atoms with Crippen molar-refractivity contribution in [3.05, 3.63) is 35.4 Å². The molecule has 1 heterocycles. The van der Waals surface area contributed by atoms with Crippen molar-refractivity contribution < 1.29 is 0 Å². The van der Waals surface area contributed by atoms with Crippen LogP contribution in [0.3, 0.4) is 0 Å². The van der Waals surface area contributed by atoms with E-state index in [2.05, 4.69) is 36.5 Å². The summed E-state index contributed by atoms with van der Waals surface area (Å²) in [6.45, 7) is 4.63. The predicted octanol–water partition coefficient (Wildman–Crippen LogP) is 2.71. The van der Waals surface area contributed by atoms with Crippen LogP contribution in [-0.4, -0.2) is 13.1 Å². The van der Waals surface area contributed by atoms with E-state index < -0.39 is 0 Å². The summed E-state index contributed by atoms with van der Waals surface area (Å²) in [6, 6.07) is 9.21. The van der Waals surface area contributed by atoms with Crippen LogP contribution in [-0.2, 0) is 0 Å². The van der Waals surface area contributed by atoms with Gasteiger partial charge in [0.1, 0.15) is 0 Å². The van der Waals surface area contributed by atoms with Gasteiger partial charge in [0.25, 0.3) is 0 Å². The van der Waals surface area contributed by atoms with Gasteiger partial charge in [-0.05, 0) is 56.2 Å². The summed E-state index contributed by atoms with van der Waals surface area (Å²) in [4.78, 5) is 0. The number of rotatable bonds is 1. The molecule has 1 aromatic rings. The molecular formula is C14H19N. The zero-order valence-electron chi connectivity index (χ0n) is 9.37. The number of hydrogen-bond acceptors (Lipinski definition) is 1. The van der Waals surface area contributed by atoms with Crippen molar-refractivity contribution in [3.63, 3.8) is 0 Å². The molecule has 2 bridgehead atoms. The maximum Gasteiger partial charge on any atom is -0.00144 e. The zero-order valence-corrected chi connectivity index (χ0v) is 9.37. The number of fused-ring (bicyclic) bond motifs is 2. The number of aryl methyl sites for hydroxylation is 1. The van der Waals surface area contributed by atoms with E-state index >= 15 is 0 Å². The molecule has 1 saturated carbocycles. The molecule has 1 aromatic carbocycles. The first-order valence-electron chi connectivity index (χ1n) is 6.12. The molecule has 15 heavy (non-hydrogen) atoms. The van der Waals surface area contributed by atoms with Crippen molar-refractivity contribution in [3.8, 4) is 0 Å². The summed E-state index contributed by atoms with van der Waals surface area (Å²) < 4.78 is 0. The van der Waals surface area contributed by atoms with Crippen LogP contribution < -0.4 is 5.32 Å². The summed E-state index contributed by atoms with van der Waals surface area (Å²) in [5, 5.41) is 3.56. The third kappa shape index (κ3) is 1.59. The Morgan fingerprint density at radius 2 is 1.60 bits per heavy atom. The van der Waals surface area contributed by atoms with Crippen molar-refractivity contribution in [2.45, 2.75) is 25.7 Å². The third-order valence-electron chi connectivity index (χ3n) is 4.20. The lowest BCUT2D eigenvalue weighted by molar-refractivity contribution is 0.323. The van der Waals surface area contributed by atoms with Crippen LogP contribution in [0.2, 0.25) is 0 Å². The van der Waals surface area contributed by atoms with E-state index in [-0.39, 0.29) is 0 Å². The Morgan fingerprint density at radius 1 is 1.00 bits per heavy atom. The fourth-order valence-electron chi connectivity index (χ4n) is 3.42. The number of nitrogens with one attached hydrogen (secondary N) is 1. The van der Waals surface area contributed by atoms with Crippen molar-refractivity contribution in [2.75, 3.05) is 13.1 Å². The molecule has 0 aromatic heterocycles. The Labute approximate surface area is 91.9 Å². The third-order valence-corrected chi connectivity index (χ3v) is 4.20. The molecule has 0 amide bonds. The molecule has 80 valence electrons. The second kappa shape index (κ2) is 3.64. The van der Waals surface area contributed by atoms with Gasteiger partial charge in [0.2, 0.25) is 0 Å². The van der Waals surface area contributed by atoms with Crippen molar-refractivity contribution in [1.29, 1.82) is 0 Å². The maximum absolute atomic E-state index is 3.56. The summed E-state index contributed by atoms with van der Waals surface area (Å²) in [5.41, 5.74) is 2.95. The second-order valence-electron chi connectivity index (χ2n) is 5.19. The highest BCUT2D eigenvalue weighted by molar-refractivity contribution is 5.27. The lowest BCUT2D eigenvalue weighted by Gasteiger charge is -2.31. The minimum atomic E-state index is 0.840. The van der Waals surface area contributed by atoms with Crippen LogP contribution in [0.25, 0.3) is 0 Å². The van der Waals surface area contributed by atoms with E-state index in [4.69, 9.17) is 0 Å². The summed E-state index contributed by atoms with van der Waals surface area (Å²) >= 11 is 0. The topological polar surface area (TPSA) is 12.0 Å². The Hall–Kier alpha value is -0.820. The summed E-state index contributed by atoms with van der Waals surface area (Å²) in [5.74, 6) is 2.63. The molecule has 1 saturated heterocycles. The molecule has 2 fully saturated rings. The summed E-state index contributed by atoms with van der Waals surface area (Å²) in [7, 11) is 0. The quantitative estimate of drug-likeness (QED) is 0.736.